The number of urea groups is 1. The van der Waals surface area contributed by atoms with E-state index in [9.17, 15) is 14.7 Å². The van der Waals surface area contributed by atoms with Gasteiger partial charge in [0.05, 0.1) is 32.5 Å². The molecule has 1 aliphatic carbocycles. The molecule has 2 N–H and O–H groups in total. The normalized spacial score (nSPS) is 15.6. The molecule has 9 nitrogen and oxygen atoms in total. The summed E-state index contributed by atoms with van der Waals surface area (Å²) in [7, 11) is 4.90. The van der Waals surface area contributed by atoms with Crippen LogP contribution in [0, 0.1) is 0 Å². The van der Waals surface area contributed by atoms with Gasteiger partial charge in [-0.2, -0.15) is 0 Å². The minimum Gasteiger partial charge on any atom is -0.493 e. The van der Waals surface area contributed by atoms with E-state index in [1.807, 2.05) is 46.6 Å². The van der Waals surface area contributed by atoms with Gasteiger partial charge in [0.15, 0.2) is 11.5 Å². The van der Waals surface area contributed by atoms with Gasteiger partial charge in [0.2, 0.25) is 0 Å². The Balaban J connectivity index is 1.43. The number of amides is 2. The lowest BCUT2D eigenvalue weighted by Crippen LogP contribution is -2.38. The Bertz CT molecular complexity index is 1630. The van der Waals surface area contributed by atoms with Crippen LogP contribution >= 0.6 is 11.3 Å². The topological polar surface area (TPSA) is 96.3 Å². The molecule has 0 bridgehead atoms. The number of ether oxygens (including phenoxy) is 2. The Morgan fingerprint density at radius 1 is 1.02 bits per heavy atom. The Morgan fingerprint density at radius 2 is 1.79 bits per heavy atom. The van der Waals surface area contributed by atoms with Gasteiger partial charge in [-0.3, -0.25) is 4.79 Å². The van der Waals surface area contributed by atoms with E-state index in [1.54, 1.807) is 44.4 Å². The first-order valence-corrected chi connectivity index (χ1v) is 14.8. The molecule has 1 aliphatic heterocycles. The van der Waals surface area contributed by atoms with E-state index in [-0.39, 0.29) is 18.6 Å². The SMILES string of the molecule is COc1ccc(NC(=O)N2Cc3c(sc4c3CCCC4)-n3cccc3C2c2ccc(N(C)CC(=O)O)cc2)cc1OC. The summed E-state index contributed by atoms with van der Waals surface area (Å²) in [4.78, 5) is 30.5. The Morgan fingerprint density at radius 3 is 2.52 bits per heavy atom. The van der Waals surface area contributed by atoms with Crippen molar-refractivity contribution in [3.8, 4) is 16.5 Å². The molecule has 0 spiro atoms. The van der Waals surface area contributed by atoms with Crippen LogP contribution in [0.4, 0.5) is 16.2 Å². The van der Waals surface area contributed by atoms with Gasteiger partial charge >= 0.3 is 12.0 Å². The molecular weight excluding hydrogens is 552 g/mol. The highest BCUT2D eigenvalue weighted by Gasteiger charge is 2.36. The molecule has 6 rings (SSSR count). The summed E-state index contributed by atoms with van der Waals surface area (Å²) in [5.41, 5.74) is 5.94. The van der Waals surface area contributed by atoms with Gasteiger partial charge in [-0.1, -0.05) is 12.1 Å². The van der Waals surface area contributed by atoms with Crippen LogP contribution in [0.1, 0.15) is 46.1 Å². The average molecular weight is 587 g/mol. The van der Waals surface area contributed by atoms with Gasteiger partial charge in [0.25, 0.3) is 0 Å². The molecule has 4 aromatic rings. The molecule has 0 fully saturated rings. The number of carboxylic acid groups (broad SMARTS) is 1. The van der Waals surface area contributed by atoms with Gasteiger partial charge < -0.3 is 34.3 Å². The van der Waals surface area contributed by atoms with E-state index in [0.29, 0.717) is 23.7 Å². The first kappa shape index (κ1) is 27.7. The number of fused-ring (bicyclic) bond motifs is 5. The molecule has 2 aromatic carbocycles. The molecule has 2 aliphatic rings. The molecule has 10 heteroatoms. The van der Waals surface area contributed by atoms with Crippen LogP contribution in [-0.2, 0) is 24.2 Å². The second-order valence-corrected chi connectivity index (χ2v) is 11.8. The second-order valence-electron chi connectivity index (χ2n) is 10.7. The van der Waals surface area contributed by atoms with E-state index >= 15 is 0 Å². The van der Waals surface area contributed by atoms with Gasteiger partial charge in [-0.25, -0.2) is 4.79 Å². The van der Waals surface area contributed by atoms with Crippen LogP contribution in [0.25, 0.3) is 5.00 Å². The fraction of sp³-hybridized carbons (Fsp3) is 0.312. The maximum atomic E-state index is 14.2. The van der Waals surface area contributed by atoms with Crippen molar-refractivity contribution in [1.29, 1.82) is 0 Å². The number of aromatic nitrogens is 1. The number of benzene rings is 2. The predicted octanol–water partition coefficient (Wildman–Crippen LogP) is 6.09. The molecule has 0 saturated heterocycles. The third kappa shape index (κ3) is 5.07. The number of carbonyl (C=O) groups excluding carboxylic acids is 1. The number of hydrogen-bond donors (Lipinski definition) is 2. The first-order chi connectivity index (χ1) is 20.4. The fourth-order valence-corrected chi connectivity index (χ4v) is 7.46. The zero-order valence-electron chi connectivity index (χ0n) is 23.9. The monoisotopic (exact) mass is 586 g/mol. The van der Waals surface area contributed by atoms with Crippen LogP contribution in [-0.4, -0.2) is 54.4 Å². The number of anilines is 2. The lowest BCUT2D eigenvalue weighted by molar-refractivity contribution is -0.135. The van der Waals surface area contributed by atoms with Crippen molar-refractivity contribution in [2.45, 2.75) is 38.3 Å². The van der Waals surface area contributed by atoms with Crippen molar-refractivity contribution in [1.82, 2.24) is 9.47 Å². The minimum absolute atomic E-state index is 0.100. The number of nitrogens with zero attached hydrogens (tertiary/aromatic N) is 3. The third-order valence-electron chi connectivity index (χ3n) is 8.10. The van der Waals surface area contributed by atoms with Gasteiger partial charge in [-0.15, -0.1) is 11.3 Å². The van der Waals surface area contributed by atoms with Crippen LogP contribution in [0.3, 0.4) is 0 Å². The molecule has 1 atom stereocenters. The third-order valence-corrected chi connectivity index (χ3v) is 9.43. The molecule has 218 valence electrons. The van der Waals surface area contributed by atoms with Crippen molar-refractivity contribution in [3.05, 3.63) is 88.1 Å². The van der Waals surface area contributed by atoms with E-state index in [0.717, 1.165) is 36.2 Å². The van der Waals surface area contributed by atoms with E-state index in [2.05, 4.69) is 22.1 Å². The largest absolute Gasteiger partial charge is 0.493 e. The highest BCUT2D eigenvalue weighted by Crippen LogP contribution is 2.44. The molecule has 2 amide bonds. The first-order valence-electron chi connectivity index (χ1n) is 14.0. The highest BCUT2D eigenvalue weighted by atomic mass is 32.1. The zero-order chi connectivity index (χ0) is 29.4. The lowest BCUT2D eigenvalue weighted by Gasteiger charge is -2.32. The number of nitrogens with one attached hydrogen (secondary N) is 1. The number of likely N-dealkylation sites (N-methyl/N-ethyl adjacent to an activating group) is 1. The number of methoxy groups -OCH3 is 2. The summed E-state index contributed by atoms with van der Waals surface area (Å²) in [6, 6.07) is 16.7. The van der Waals surface area contributed by atoms with E-state index in [1.165, 1.54) is 27.4 Å². The smallest absolute Gasteiger partial charge is 0.323 e. The minimum atomic E-state index is -0.893. The Kier molecular flexibility index (Phi) is 7.55. The number of aliphatic carboxylic acids is 1. The number of carboxylic acids is 1. The summed E-state index contributed by atoms with van der Waals surface area (Å²) < 4.78 is 13.1. The molecule has 0 radical (unpaired) electrons. The van der Waals surface area contributed by atoms with Crippen molar-refractivity contribution in [3.63, 3.8) is 0 Å². The average Bonchev–Trinajstić information content (AvgIpc) is 3.58. The molecular formula is C32H34N4O5S. The maximum absolute atomic E-state index is 14.2. The highest BCUT2D eigenvalue weighted by molar-refractivity contribution is 7.15. The van der Waals surface area contributed by atoms with Gasteiger partial charge in [0, 0.05) is 41.1 Å². The van der Waals surface area contributed by atoms with Gasteiger partial charge in [-0.05, 0) is 73.2 Å². The van der Waals surface area contributed by atoms with Crippen LogP contribution in [0.15, 0.2) is 60.8 Å². The second kappa shape index (κ2) is 11.4. The summed E-state index contributed by atoms with van der Waals surface area (Å²) in [6.45, 7) is 0.365. The van der Waals surface area contributed by atoms with Crippen LogP contribution < -0.4 is 19.7 Å². The molecule has 2 aromatic heterocycles. The molecule has 0 saturated carbocycles. The Labute approximate surface area is 248 Å². The summed E-state index contributed by atoms with van der Waals surface area (Å²) >= 11 is 1.85. The van der Waals surface area contributed by atoms with Crippen molar-refractivity contribution in [2.24, 2.45) is 0 Å². The number of thiophene rings is 1. The van der Waals surface area contributed by atoms with Crippen molar-refractivity contribution >= 4 is 34.7 Å². The number of carbonyl (C=O) groups is 2. The summed E-state index contributed by atoms with van der Waals surface area (Å²) in [5.74, 6) is 0.228. The fourth-order valence-electron chi connectivity index (χ4n) is 6.05. The number of hydrogen-bond acceptors (Lipinski definition) is 6. The molecule has 42 heavy (non-hydrogen) atoms. The lowest BCUT2D eigenvalue weighted by atomic mass is 9.95. The van der Waals surface area contributed by atoms with E-state index in [4.69, 9.17) is 9.47 Å². The Hall–Kier alpha value is -4.44. The van der Waals surface area contributed by atoms with Crippen molar-refractivity contribution in [2.75, 3.05) is 38.0 Å². The molecule has 1 unspecified atom stereocenters. The van der Waals surface area contributed by atoms with Gasteiger partial charge in [0.1, 0.15) is 11.5 Å². The zero-order valence-corrected chi connectivity index (χ0v) is 24.7. The maximum Gasteiger partial charge on any atom is 0.323 e. The standard InChI is InChI=1S/C32H34N4O5S/c1-34(19-29(37)38)22-13-10-20(11-14-22)30-25-8-6-16-35(25)31-24(23-7-4-5-9-28(23)42-31)18-36(30)32(39)33-21-12-15-26(40-2)27(17-21)41-3/h6,8,10-17,30H,4-5,7,9,18-19H2,1-3H3,(H,33,39)(H,37,38). The number of rotatable bonds is 7. The quantitative estimate of drug-likeness (QED) is 0.272. The van der Waals surface area contributed by atoms with Crippen LogP contribution in [0.2, 0.25) is 0 Å². The van der Waals surface area contributed by atoms with E-state index < -0.39 is 5.97 Å². The predicted molar refractivity (Wildman–Crippen MR) is 164 cm³/mol. The summed E-state index contributed by atoms with van der Waals surface area (Å²) in [5, 5.41) is 13.5. The van der Waals surface area contributed by atoms with Crippen molar-refractivity contribution < 1.29 is 24.2 Å². The van der Waals surface area contributed by atoms with Crippen LogP contribution in [0.5, 0.6) is 11.5 Å². The summed E-state index contributed by atoms with van der Waals surface area (Å²) in [6.07, 6.45) is 6.54. The number of aryl methyl sites for hydroxylation is 1. The molecule has 3 heterocycles.